The van der Waals surface area contributed by atoms with Crippen LogP contribution in [0.2, 0.25) is 0 Å². The molecule has 0 saturated carbocycles. The number of ether oxygens (including phenoxy) is 2. The van der Waals surface area contributed by atoms with E-state index in [1.54, 1.807) is 29.2 Å². The van der Waals surface area contributed by atoms with Crippen LogP contribution in [0.5, 0.6) is 11.5 Å². The molecule has 3 rings (SSSR count). The molecule has 3 N–H and O–H groups in total. The van der Waals surface area contributed by atoms with E-state index in [0.717, 1.165) is 16.7 Å². The summed E-state index contributed by atoms with van der Waals surface area (Å²) in [4.78, 5) is 27.0. The topological polar surface area (TPSA) is 112 Å². The molecule has 0 saturated heterocycles. The Bertz CT molecular complexity index is 1170. The minimum Gasteiger partial charge on any atom is -0.507 e. The van der Waals surface area contributed by atoms with Gasteiger partial charge in [0.05, 0.1) is 25.9 Å². The number of anilines is 1. The van der Waals surface area contributed by atoms with E-state index in [2.05, 4.69) is 5.32 Å². The number of hydrogen-bond donors (Lipinski definition) is 3. The van der Waals surface area contributed by atoms with E-state index in [1.807, 2.05) is 48.5 Å². The predicted octanol–water partition coefficient (Wildman–Crippen LogP) is 5.59. The van der Waals surface area contributed by atoms with Gasteiger partial charge in [0.15, 0.2) is 5.78 Å². The van der Waals surface area contributed by atoms with E-state index in [1.165, 1.54) is 7.11 Å². The standard InChI is InChI=1S/C28H37N3O5/c1-9-36-23-12-17-14-31(25(29)18(17)13-21(23)30-26(34)35-8)15-22(32)16-10-19(27(2,3)4)24(33)20(11-16)28(5,6)7/h10-13,29,33H,9,14-15H2,1-8H3,(H,30,34). The van der Waals surface area contributed by atoms with Crippen molar-refractivity contribution in [2.45, 2.75) is 65.8 Å². The number of nitrogens with one attached hydrogen (secondary N) is 2. The maximum absolute atomic E-state index is 13.5. The van der Waals surface area contributed by atoms with Gasteiger partial charge in [-0.15, -0.1) is 0 Å². The van der Waals surface area contributed by atoms with Crippen molar-refractivity contribution in [3.63, 3.8) is 0 Å². The van der Waals surface area contributed by atoms with Crippen molar-refractivity contribution >= 4 is 23.4 Å². The van der Waals surface area contributed by atoms with E-state index in [4.69, 9.17) is 14.9 Å². The van der Waals surface area contributed by atoms with E-state index in [-0.39, 0.29) is 34.7 Å². The summed E-state index contributed by atoms with van der Waals surface area (Å²) in [5, 5.41) is 22.3. The van der Waals surface area contributed by atoms with Gasteiger partial charge in [-0.1, -0.05) is 41.5 Å². The molecule has 0 bridgehead atoms. The normalized spacial score (nSPS) is 13.4. The second-order valence-corrected chi connectivity index (χ2v) is 11.1. The molecule has 0 radical (unpaired) electrons. The molecule has 1 aliphatic heterocycles. The number of aromatic hydroxyl groups is 1. The Morgan fingerprint density at radius 3 is 2.14 bits per heavy atom. The Balaban J connectivity index is 1.93. The number of phenolic OH excluding ortho intramolecular Hbond substituents is 1. The summed E-state index contributed by atoms with van der Waals surface area (Å²) in [5.74, 6) is 0.759. The monoisotopic (exact) mass is 495 g/mol. The fourth-order valence-corrected chi connectivity index (χ4v) is 4.30. The first kappa shape index (κ1) is 27.0. The third-order valence-electron chi connectivity index (χ3n) is 6.24. The summed E-state index contributed by atoms with van der Waals surface area (Å²) in [6.07, 6.45) is -0.635. The quantitative estimate of drug-likeness (QED) is 0.451. The summed E-state index contributed by atoms with van der Waals surface area (Å²) in [5.41, 5.74) is 3.11. The average Bonchev–Trinajstić information content (AvgIpc) is 3.06. The second kappa shape index (κ2) is 9.84. The zero-order valence-corrected chi connectivity index (χ0v) is 22.5. The van der Waals surface area contributed by atoms with Gasteiger partial charge >= 0.3 is 6.09 Å². The number of phenols is 1. The Hall–Kier alpha value is -3.55. The number of amidine groups is 1. The summed E-state index contributed by atoms with van der Waals surface area (Å²) in [6.45, 7) is 14.7. The minimum absolute atomic E-state index is 0.00911. The van der Waals surface area contributed by atoms with Crippen molar-refractivity contribution in [1.29, 1.82) is 5.41 Å². The molecule has 194 valence electrons. The van der Waals surface area contributed by atoms with Crippen molar-refractivity contribution in [3.05, 3.63) is 52.1 Å². The van der Waals surface area contributed by atoms with Crippen LogP contribution in [0.15, 0.2) is 24.3 Å². The Labute approximate surface area is 213 Å². The van der Waals surface area contributed by atoms with Crippen LogP contribution >= 0.6 is 0 Å². The van der Waals surface area contributed by atoms with Crippen LogP contribution in [0.1, 0.15) is 81.1 Å². The van der Waals surface area contributed by atoms with Crippen LogP contribution < -0.4 is 10.1 Å². The molecule has 8 heteroatoms. The van der Waals surface area contributed by atoms with E-state index < -0.39 is 6.09 Å². The lowest BCUT2D eigenvalue weighted by Gasteiger charge is -2.28. The van der Waals surface area contributed by atoms with Gasteiger partial charge < -0.3 is 19.5 Å². The van der Waals surface area contributed by atoms with Crippen molar-refractivity contribution < 1.29 is 24.2 Å². The van der Waals surface area contributed by atoms with Crippen LogP contribution in [0.25, 0.3) is 0 Å². The zero-order chi connectivity index (χ0) is 27.0. The van der Waals surface area contributed by atoms with Crippen LogP contribution in [-0.4, -0.2) is 48.0 Å². The minimum atomic E-state index is -0.635. The Morgan fingerprint density at radius 2 is 1.64 bits per heavy atom. The van der Waals surface area contributed by atoms with Crippen molar-refractivity contribution in [1.82, 2.24) is 4.90 Å². The highest BCUT2D eigenvalue weighted by Gasteiger charge is 2.31. The SMILES string of the molecule is CCOc1cc2c(cc1NC(=O)OC)C(=N)N(CC(=O)c1cc(C(C)(C)C)c(O)c(C(C)(C)C)c1)C2. The van der Waals surface area contributed by atoms with Crippen LogP contribution in [0, 0.1) is 5.41 Å². The number of carbonyl (C=O) groups excluding carboxylic acids is 2. The number of benzene rings is 2. The molecule has 0 fully saturated rings. The molecule has 36 heavy (non-hydrogen) atoms. The molecule has 2 aromatic carbocycles. The molecule has 0 aromatic heterocycles. The van der Waals surface area contributed by atoms with E-state index >= 15 is 0 Å². The highest BCUT2D eigenvalue weighted by atomic mass is 16.5. The van der Waals surface area contributed by atoms with Crippen molar-refractivity contribution in [2.75, 3.05) is 25.6 Å². The highest BCUT2D eigenvalue weighted by Crippen LogP contribution is 2.40. The first-order valence-electron chi connectivity index (χ1n) is 12.1. The zero-order valence-electron chi connectivity index (χ0n) is 22.5. The fraction of sp³-hybridized carbons (Fsp3) is 0.464. The van der Waals surface area contributed by atoms with Gasteiger partial charge in [-0.25, -0.2) is 4.79 Å². The Kier molecular flexibility index (Phi) is 7.39. The van der Waals surface area contributed by atoms with Gasteiger partial charge in [-0.05, 0) is 47.6 Å². The number of nitrogens with zero attached hydrogens (tertiary/aromatic N) is 1. The molecule has 0 spiro atoms. The van der Waals surface area contributed by atoms with Gasteiger partial charge in [0, 0.05) is 28.8 Å². The molecule has 0 atom stereocenters. The van der Waals surface area contributed by atoms with Crippen LogP contribution in [0.4, 0.5) is 10.5 Å². The molecule has 8 nitrogen and oxygen atoms in total. The fourth-order valence-electron chi connectivity index (χ4n) is 4.30. The summed E-state index contributed by atoms with van der Waals surface area (Å²) < 4.78 is 10.4. The molecule has 1 heterocycles. The van der Waals surface area contributed by atoms with Gasteiger partial charge in [-0.2, -0.15) is 0 Å². The number of fused-ring (bicyclic) bond motifs is 1. The van der Waals surface area contributed by atoms with E-state index in [9.17, 15) is 14.7 Å². The highest BCUT2D eigenvalue weighted by molar-refractivity contribution is 6.06. The Morgan fingerprint density at radius 1 is 1.06 bits per heavy atom. The lowest BCUT2D eigenvalue weighted by Crippen LogP contribution is -2.30. The smallest absolute Gasteiger partial charge is 0.411 e. The number of methoxy groups -OCH3 is 1. The molecular weight excluding hydrogens is 458 g/mol. The number of Topliss-reactive ketones (excluding diaryl/α,β-unsaturated/α-hetero) is 1. The third-order valence-corrected chi connectivity index (χ3v) is 6.24. The lowest BCUT2D eigenvalue weighted by atomic mass is 9.78. The van der Waals surface area contributed by atoms with Crippen molar-refractivity contribution in [3.8, 4) is 11.5 Å². The maximum atomic E-state index is 13.5. The van der Waals surface area contributed by atoms with Gasteiger partial charge in [0.1, 0.15) is 17.3 Å². The molecule has 2 aromatic rings. The summed E-state index contributed by atoms with van der Waals surface area (Å²) in [6, 6.07) is 7.01. The third kappa shape index (κ3) is 5.48. The predicted molar refractivity (Wildman–Crippen MR) is 141 cm³/mol. The first-order valence-corrected chi connectivity index (χ1v) is 12.1. The average molecular weight is 496 g/mol. The number of ketones is 1. The van der Waals surface area contributed by atoms with Crippen LogP contribution in [0.3, 0.4) is 0 Å². The van der Waals surface area contributed by atoms with E-state index in [0.29, 0.717) is 35.7 Å². The van der Waals surface area contributed by atoms with Gasteiger partial charge in [-0.3, -0.25) is 15.5 Å². The molecule has 0 unspecified atom stereocenters. The first-order chi connectivity index (χ1) is 16.7. The molecule has 0 aliphatic carbocycles. The largest absolute Gasteiger partial charge is 0.507 e. The molecular formula is C28H37N3O5. The molecule has 1 aliphatic rings. The van der Waals surface area contributed by atoms with Gasteiger partial charge in [0.25, 0.3) is 0 Å². The number of rotatable bonds is 6. The van der Waals surface area contributed by atoms with Crippen LogP contribution in [-0.2, 0) is 22.1 Å². The maximum Gasteiger partial charge on any atom is 0.411 e. The molecule has 1 amide bonds. The second-order valence-electron chi connectivity index (χ2n) is 11.1. The number of carbonyl (C=O) groups is 2. The van der Waals surface area contributed by atoms with Crippen molar-refractivity contribution in [2.24, 2.45) is 0 Å². The number of amides is 1. The summed E-state index contributed by atoms with van der Waals surface area (Å²) >= 11 is 0. The number of hydrogen-bond acceptors (Lipinski definition) is 6. The van der Waals surface area contributed by atoms with Gasteiger partial charge in [0.2, 0.25) is 0 Å². The lowest BCUT2D eigenvalue weighted by molar-refractivity contribution is 0.0962. The summed E-state index contributed by atoms with van der Waals surface area (Å²) in [7, 11) is 1.28.